The minimum Gasteiger partial charge on any atom is -0.512 e. The Morgan fingerprint density at radius 2 is 1.47 bits per heavy atom. The van der Waals surface area contributed by atoms with E-state index in [1.165, 1.54) is 0 Å². The fourth-order valence-electron chi connectivity index (χ4n) is 6.56. The normalized spacial score (nSPS) is 21.5. The molecule has 1 aromatic heterocycles. The average Bonchev–Trinajstić information content (AvgIpc) is 3.08. The van der Waals surface area contributed by atoms with Gasteiger partial charge in [-0.15, -0.1) is 0 Å². The number of aliphatic hydroxyl groups excluding tert-OH is 1. The maximum Gasteiger partial charge on any atom is 0.163 e. The van der Waals surface area contributed by atoms with Crippen molar-refractivity contribution in [3.63, 3.8) is 0 Å². The number of rotatable bonds is 4. The molecule has 5 heteroatoms. The summed E-state index contributed by atoms with van der Waals surface area (Å²) in [4.78, 5) is 40.5. The molecule has 1 N–H and O–H groups in total. The van der Waals surface area contributed by atoms with Crippen molar-refractivity contribution in [3.8, 4) is 0 Å². The van der Waals surface area contributed by atoms with E-state index in [-0.39, 0.29) is 53.4 Å². The van der Waals surface area contributed by atoms with Gasteiger partial charge in [0.15, 0.2) is 5.78 Å². The number of benzene rings is 2. The Morgan fingerprint density at radius 3 is 2.11 bits per heavy atom. The molecule has 0 spiro atoms. The standard InChI is InChI=1S/C31H35NO4/c1-6-32-21-10-8-7-9-19(21)20-13-18(11-12-22(20)32)27(28-23(33)14-30(2,3)15-24(28)34)29-25(35)16-31(4,5)17-26(29)36/h7-13,27-28,35H,6,14-17H2,1-5H3. The highest BCUT2D eigenvalue weighted by Gasteiger charge is 2.48. The summed E-state index contributed by atoms with van der Waals surface area (Å²) in [5.74, 6) is -2.18. The fraction of sp³-hybridized carbons (Fsp3) is 0.452. The maximum absolute atomic E-state index is 13.5. The van der Waals surface area contributed by atoms with Crippen molar-refractivity contribution in [2.75, 3.05) is 0 Å². The van der Waals surface area contributed by atoms with E-state index in [1.54, 1.807) is 0 Å². The van der Waals surface area contributed by atoms with Gasteiger partial charge in [0.1, 0.15) is 17.3 Å². The van der Waals surface area contributed by atoms with Crippen LogP contribution < -0.4 is 0 Å². The Labute approximate surface area is 212 Å². The van der Waals surface area contributed by atoms with Gasteiger partial charge >= 0.3 is 0 Å². The molecule has 2 aliphatic carbocycles. The predicted molar refractivity (Wildman–Crippen MR) is 142 cm³/mol. The lowest BCUT2D eigenvalue weighted by molar-refractivity contribution is -0.140. The largest absolute Gasteiger partial charge is 0.512 e. The summed E-state index contributed by atoms with van der Waals surface area (Å²) in [6.07, 6.45) is 1.19. The van der Waals surface area contributed by atoms with Gasteiger partial charge in [0.25, 0.3) is 0 Å². The van der Waals surface area contributed by atoms with Gasteiger partial charge in [-0.25, -0.2) is 0 Å². The molecule has 0 amide bonds. The van der Waals surface area contributed by atoms with E-state index in [4.69, 9.17) is 0 Å². The van der Waals surface area contributed by atoms with E-state index in [9.17, 15) is 19.5 Å². The van der Waals surface area contributed by atoms with E-state index >= 15 is 0 Å². The van der Waals surface area contributed by atoms with Gasteiger partial charge in [0, 0.05) is 65.5 Å². The zero-order valence-corrected chi connectivity index (χ0v) is 21.9. The number of carbonyl (C=O) groups is 3. The fourth-order valence-corrected chi connectivity index (χ4v) is 6.56. The Kier molecular flexibility index (Phi) is 5.73. The van der Waals surface area contributed by atoms with Crippen LogP contribution in [0.5, 0.6) is 0 Å². The van der Waals surface area contributed by atoms with Gasteiger partial charge in [-0.3, -0.25) is 14.4 Å². The van der Waals surface area contributed by atoms with Crippen molar-refractivity contribution >= 4 is 39.2 Å². The summed E-state index contributed by atoms with van der Waals surface area (Å²) < 4.78 is 2.24. The predicted octanol–water partition coefficient (Wildman–Crippen LogP) is 6.67. The van der Waals surface area contributed by atoms with E-state index in [0.717, 1.165) is 33.9 Å². The molecule has 5 nitrogen and oxygen atoms in total. The third-order valence-corrected chi connectivity index (χ3v) is 8.01. The number of Topliss-reactive ketones (excluding diaryl/α,β-unsaturated/α-hetero) is 3. The minimum absolute atomic E-state index is 0.0165. The Hall–Kier alpha value is -3.21. The molecule has 1 unspecified atom stereocenters. The van der Waals surface area contributed by atoms with Crippen LogP contribution in [0.25, 0.3) is 21.8 Å². The molecule has 1 atom stereocenters. The van der Waals surface area contributed by atoms with E-state index in [0.29, 0.717) is 6.42 Å². The number of allylic oxidation sites excluding steroid dienone is 2. The van der Waals surface area contributed by atoms with Crippen LogP contribution in [0.4, 0.5) is 0 Å². The summed E-state index contributed by atoms with van der Waals surface area (Å²) in [5.41, 5.74) is 2.41. The highest BCUT2D eigenvalue weighted by molar-refractivity contribution is 6.11. The number of hydrogen-bond acceptors (Lipinski definition) is 4. The first kappa shape index (κ1) is 24.5. The van der Waals surface area contributed by atoms with Gasteiger partial charge in [-0.1, -0.05) is 52.0 Å². The van der Waals surface area contributed by atoms with Crippen LogP contribution >= 0.6 is 0 Å². The van der Waals surface area contributed by atoms with Crippen LogP contribution in [0.1, 0.15) is 71.8 Å². The number of para-hydroxylation sites is 1. The smallest absolute Gasteiger partial charge is 0.163 e. The number of nitrogens with zero attached hydrogens (tertiary/aromatic N) is 1. The van der Waals surface area contributed by atoms with Gasteiger partial charge < -0.3 is 9.67 Å². The van der Waals surface area contributed by atoms with Gasteiger partial charge in [-0.2, -0.15) is 0 Å². The first-order valence-electron chi connectivity index (χ1n) is 12.9. The molecular formula is C31H35NO4. The highest BCUT2D eigenvalue weighted by Crippen LogP contribution is 2.48. The molecule has 3 aromatic rings. The number of ketones is 3. The summed E-state index contributed by atoms with van der Waals surface area (Å²) in [6, 6.07) is 14.2. The molecule has 2 aromatic carbocycles. The molecule has 5 rings (SSSR count). The number of aryl methyl sites for hydroxylation is 1. The van der Waals surface area contributed by atoms with Crippen molar-refractivity contribution in [1.82, 2.24) is 4.57 Å². The molecule has 0 bridgehead atoms. The lowest BCUT2D eigenvalue weighted by Crippen LogP contribution is -2.43. The zero-order chi connectivity index (χ0) is 26.0. The molecule has 0 radical (unpaired) electrons. The van der Waals surface area contributed by atoms with Crippen LogP contribution in [0.15, 0.2) is 53.8 Å². The second-order valence-corrected chi connectivity index (χ2v) is 12.2. The Balaban J connectivity index is 1.75. The van der Waals surface area contributed by atoms with Crippen LogP contribution in [0.2, 0.25) is 0 Å². The van der Waals surface area contributed by atoms with Crippen LogP contribution in [-0.4, -0.2) is 27.0 Å². The maximum atomic E-state index is 13.5. The lowest BCUT2D eigenvalue weighted by atomic mass is 9.62. The summed E-state index contributed by atoms with van der Waals surface area (Å²) in [6.45, 7) is 10.7. The summed E-state index contributed by atoms with van der Waals surface area (Å²) in [7, 11) is 0. The molecule has 2 aliphatic rings. The third-order valence-electron chi connectivity index (χ3n) is 8.01. The Morgan fingerprint density at radius 1 is 0.861 bits per heavy atom. The summed E-state index contributed by atoms with van der Waals surface area (Å²) in [5, 5.41) is 13.3. The van der Waals surface area contributed by atoms with Crippen molar-refractivity contribution in [1.29, 1.82) is 0 Å². The molecule has 1 heterocycles. The second kappa shape index (κ2) is 8.43. The van der Waals surface area contributed by atoms with Crippen LogP contribution in [-0.2, 0) is 20.9 Å². The third kappa shape index (κ3) is 3.99. The van der Waals surface area contributed by atoms with E-state index in [2.05, 4.69) is 23.6 Å². The summed E-state index contributed by atoms with van der Waals surface area (Å²) >= 11 is 0. The SMILES string of the molecule is CCn1c2ccccc2c2cc(C(C3=C(O)CC(C)(C)CC3=O)C3C(=O)CC(C)(C)CC3=O)ccc21. The topological polar surface area (TPSA) is 76.4 Å². The number of aromatic nitrogens is 1. The van der Waals surface area contributed by atoms with Crippen molar-refractivity contribution in [2.45, 2.75) is 72.8 Å². The molecule has 0 saturated heterocycles. The first-order chi connectivity index (χ1) is 16.9. The molecule has 188 valence electrons. The van der Waals surface area contributed by atoms with Crippen molar-refractivity contribution < 1.29 is 19.5 Å². The monoisotopic (exact) mass is 485 g/mol. The van der Waals surface area contributed by atoms with Gasteiger partial charge in [0.2, 0.25) is 0 Å². The molecule has 0 aliphatic heterocycles. The van der Waals surface area contributed by atoms with Gasteiger partial charge in [-0.05, 0) is 41.5 Å². The number of hydrogen-bond donors (Lipinski definition) is 1. The second-order valence-electron chi connectivity index (χ2n) is 12.2. The van der Waals surface area contributed by atoms with Crippen molar-refractivity contribution in [2.24, 2.45) is 16.7 Å². The first-order valence-corrected chi connectivity index (χ1v) is 12.9. The number of carbonyl (C=O) groups excluding carboxylic acids is 3. The minimum atomic E-state index is -0.961. The van der Waals surface area contributed by atoms with Crippen LogP contribution in [0, 0.1) is 16.7 Å². The molecule has 36 heavy (non-hydrogen) atoms. The number of aliphatic hydroxyl groups is 1. The molecular weight excluding hydrogens is 450 g/mol. The zero-order valence-electron chi connectivity index (χ0n) is 21.9. The van der Waals surface area contributed by atoms with E-state index in [1.807, 2.05) is 58.0 Å². The molecule has 1 fully saturated rings. The highest BCUT2D eigenvalue weighted by atomic mass is 16.3. The van der Waals surface area contributed by atoms with Crippen LogP contribution in [0.3, 0.4) is 0 Å². The lowest BCUT2D eigenvalue weighted by Gasteiger charge is -2.39. The van der Waals surface area contributed by atoms with E-state index < -0.39 is 17.3 Å². The quantitative estimate of drug-likeness (QED) is 0.419. The molecule has 1 saturated carbocycles. The van der Waals surface area contributed by atoms with Gasteiger partial charge in [0.05, 0.1) is 5.92 Å². The number of fused-ring (bicyclic) bond motifs is 3. The average molecular weight is 486 g/mol. The van der Waals surface area contributed by atoms with Crippen molar-refractivity contribution in [3.05, 3.63) is 59.4 Å². The Bertz CT molecular complexity index is 1430.